The fraction of sp³-hybridized carbons (Fsp3) is 0.462. The first-order chi connectivity index (χ1) is 10.7. The lowest BCUT2D eigenvalue weighted by Crippen LogP contribution is -2.38. The summed E-state index contributed by atoms with van der Waals surface area (Å²) < 4.78 is 61.9. The van der Waals surface area contributed by atoms with Crippen molar-refractivity contribution in [2.45, 2.75) is 36.5 Å². The molecule has 1 atom stereocenters. The highest BCUT2D eigenvalue weighted by molar-refractivity contribution is 7.89. The number of nitrogens with one attached hydrogen (secondary N) is 1. The molecule has 0 spiro atoms. The first-order valence-corrected chi connectivity index (χ1v) is 8.29. The Hall–Kier alpha value is -1.94. The molecule has 7 nitrogen and oxygen atoms in total. The molecule has 23 heavy (non-hydrogen) atoms. The van der Waals surface area contributed by atoms with Gasteiger partial charge in [0.15, 0.2) is 11.5 Å². The average Bonchev–Trinajstić information content (AvgIpc) is 3.18. The maximum atomic E-state index is 13.1. The Bertz CT molecular complexity index is 747. The number of halogens is 2. The Morgan fingerprint density at radius 2 is 2.09 bits per heavy atom. The fourth-order valence-electron chi connectivity index (χ4n) is 2.41. The van der Waals surface area contributed by atoms with E-state index in [4.69, 9.17) is 5.11 Å². The monoisotopic (exact) mass is 349 g/mol. The molecule has 0 radical (unpaired) electrons. The summed E-state index contributed by atoms with van der Waals surface area (Å²) in [5.74, 6) is -2.20. The maximum absolute atomic E-state index is 13.1. The SMILES string of the molecule is O=C(O)CC(NS(=O)(=O)c1cccc2c1OC(F)(F)O2)C1CC1. The van der Waals surface area contributed by atoms with Crippen molar-refractivity contribution in [2.75, 3.05) is 0 Å². The summed E-state index contributed by atoms with van der Waals surface area (Å²) in [6, 6.07) is 2.69. The van der Waals surface area contributed by atoms with Gasteiger partial charge in [-0.2, -0.15) is 0 Å². The lowest BCUT2D eigenvalue weighted by molar-refractivity contribution is -0.287. The standard InChI is InChI=1S/C13H13F2NO6S/c14-13(15)21-9-2-1-3-10(12(9)22-13)23(19,20)16-8(6-11(17)18)7-4-5-7/h1-3,7-8,16H,4-6H2,(H,17,18). The molecule has 1 saturated carbocycles. The van der Waals surface area contributed by atoms with E-state index in [0.717, 1.165) is 12.1 Å². The molecule has 2 N–H and O–H groups in total. The second-order valence-electron chi connectivity index (χ2n) is 5.41. The van der Waals surface area contributed by atoms with Crippen LogP contribution >= 0.6 is 0 Å². The minimum Gasteiger partial charge on any atom is -0.481 e. The first-order valence-electron chi connectivity index (χ1n) is 6.81. The van der Waals surface area contributed by atoms with Gasteiger partial charge >= 0.3 is 12.3 Å². The van der Waals surface area contributed by atoms with Gasteiger partial charge < -0.3 is 14.6 Å². The second-order valence-corrected chi connectivity index (χ2v) is 7.10. The van der Waals surface area contributed by atoms with Crippen LogP contribution < -0.4 is 14.2 Å². The maximum Gasteiger partial charge on any atom is 0.586 e. The van der Waals surface area contributed by atoms with Crippen molar-refractivity contribution in [2.24, 2.45) is 5.92 Å². The molecule has 1 aliphatic carbocycles. The zero-order valence-corrected chi connectivity index (χ0v) is 12.5. The summed E-state index contributed by atoms with van der Waals surface area (Å²) in [5.41, 5.74) is 0. The Kier molecular flexibility index (Phi) is 3.68. The van der Waals surface area contributed by atoms with Crippen LogP contribution in [0.25, 0.3) is 0 Å². The first kappa shape index (κ1) is 15.9. The van der Waals surface area contributed by atoms with Gasteiger partial charge in [0.1, 0.15) is 4.90 Å². The number of aliphatic carboxylic acids is 1. The molecule has 0 amide bonds. The summed E-state index contributed by atoms with van der Waals surface area (Å²) in [5, 5.41) is 8.87. The number of ether oxygens (including phenoxy) is 2. The average molecular weight is 349 g/mol. The molecule has 1 fully saturated rings. The van der Waals surface area contributed by atoms with E-state index >= 15 is 0 Å². The molecule has 0 bridgehead atoms. The fourth-order valence-corrected chi connectivity index (χ4v) is 3.86. The number of carboxylic acids is 1. The summed E-state index contributed by atoms with van der Waals surface area (Å²) in [6.07, 6.45) is -2.90. The van der Waals surface area contributed by atoms with Crippen molar-refractivity contribution in [1.82, 2.24) is 4.72 Å². The number of hydrogen-bond donors (Lipinski definition) is 2. The molecule has 0 aromatic heterocycles. The number of rotatable bonds is 6. The summed E-state index contributed by atoms with van der Waals surface area (Å²) in [7, 11) is -4.24. The van der Waals surface area contributed by atoms with Gasteiger partial charge in [-0.05, 0) is 30.9 Å². The Labute approximate surface area is 130 Å². The molecule has 3 rings (SSSR count). The van der Waals surface area contributed by atoms with Gasteiger partial charge in [-0.1, -0.05) is 6.07 Å². The second kappa shape index (κ2) is 5.31. The lowest BCUT2D eigenvalue weighted by Gasteiger charge is -2.17. The van der Waals surface area contributed by atoms with Crippen LogP contribution in [0.1, 0.15) is 19.3 Å². The molecule has 1 aromatic carbocycles. The van der Waals surface area contributed by atoms with Crippen molar-refractivity contribution in [3.63, 3.8) is 0 Å². The minimum absolute atomic E-state index is 0.0729. The van der Waals surface area contributed by atoms with E-state index in [9.17, 15) is 22.0 Å². The van der Waals surface area contributed by atoms with Crippen LogP contribution in [-0.4, -0.2) is 31.8 Å². The number of fused-ring (bicyclic) bond motifs is 1. The number of carbonyl (C=O) groups is 1. The van der Waals surface area contributed by atoms with Crippen molar-refractivity contribution >= 4 is 16.0 Å². The summed E-state index contributed by atoms with van der Waals surface area (Å²) in [6.45, 7) is 0. The van der Waals surface area contributed by atoms with Gasteiger partial charge in [-0.15, -0.1) is 8.78 Å². The zero-order chi connectivity index (χ0) is 16.8. The third-order valence-electron chi connectivity index (χ3n) is 3.57. The van der Waals surface area contributed by atoms with E-state index in [1.165, 1.54) is 6.07 Å². The van der Waals surface area contributed by atoms with Gasteiger partial charge in [0.2, 0.25) is 10.0 Å². The predicted molar refractivity (Wildman–Crippen MR) is 71.7 cm³/mol. The van der Waals surface area contributed by atoms with Crippen LogP contribution in [0.4, 0.5) is 8.78 Å². The molecular weight excluding hydrogens is 336 g/mol. The number of sulfonamides is 1. The van der Waals surface area contributed by atoms with Crippen molar-refractivity contribution in [3.8, 4) is 11.5 Å². The highest BCUT2D eigenvalue weighted by Crippen LogP contribution is 2.45. The van der Waals surface area contributed by atoms with Crippen LogP contribution in [0.3, 0.4) is 0 Å². The largest absolute Gasteiger partial charge is 0.586 e. The molecule has 1 aromatic rings. The van der Waals surface area contributed by atoms with Crippen molar-refractivity contribution in [1.29, 1.82) is 0 Å². The normalized spacial score (nSPS) is 20.3. The Morgan fingerprint density at radius 3 is 2.70 bits per heavy atom. The van der Waals surface area contributed by atoms with E-state index in [-0.39, 0.29) is 18.1 Å². The van der Waals surface area contributed by atoms with E-state index in [1.807, 2.05) is 0 Å². The highest BCUT2D eigenvalue weighted by Gasteiger charge is 2.46. The summed E-state index contributed by atoms with van der Waals surface area (Å²) >= 11 is 0. The van der Waals surface area contributed by atoms with Crippen LogP contribution in [0, 0.1) is 5.92 Å². The van der Waals surface area contributed by atoms with E-state index in [1.54, 1.807) is 0 Å². The Balaban J connectivity index is 1.89. The molecule has 2 aliphatic rings. The number of carboxylic acid groups (broad SMARTS) is 1. The lowest BCUT2D eigenvalue weighted by atomic mass is 10.1. The van der Waals surface area contributed by atoms with Gasteiger partial charge in [0.05, 0.1) is 6.42 Å². The van der Waals surface area contributed by atoms with Crippen molar-refractivity contribution < 1.29 is 36.6 Å². The van der Waals surface area contributed by atoms with Crippen LogP contribution in [-0.2, 0) is 14.8 Å². The summed E-state index contributed by atoms with van der Waals surface area (Å²) in [4.78, 5) is 10.3. The highest BCUT2D eigenvalue weighted by atomic mass is 32.2. The number of benzene rings is 1. The number of para-hydroxylation sites is 1. The molecule has 1 heterocycles. The van der Waals surface area contributed by atoms with Crippen LogP contribution in [0.15, 0.2) is 23.1 Å². The molecule has 10 heteroatoms. The van der Waals surface area contributed by atoms with Gasteiger partial charge in [-0.3, -0.25) is 4.79 Å². The minimum atomic E-state index is -4.24. The van der Waals surface area contributed by atoms with Gasteiger partial charge in [-0.25, -0.2) is 13.1 Å². The quantitative estimate of drug-likeness (QED) is 0.808. The van der Waals surface area contributed by atoms with E-state index < -0.39 is 39.0 Å². The van der Waals surface area contributed by atoms with Crippen LogP contribution in [0.2, 0.25) is 0 Å². The van der Waals surface area contributed by atoms with E-state index in [0.29, 0.717) is 12.8 Å². The molecule has 1 aliphatic heterocycles. The molecule has 1 unspecified atom stereocenters. The molecule has 0 saturated heterocycles. The predicted octanol–water partition coefficient (Wildman–Crippen LogP) is 1.54. The van der Waals surface area contributed by atoms with Crippen molar-refractivity contribution in [3.05, 3.63) is 18.2 Å². The Morgan fingerprint density at radius 1 is 1.39 bits per heavy atom. The van der Waals surface area contributed by atoms with E-state index in [2.05, 4.69) is 14.2 Å². The number of alkyl halides is 2. The topological polar surface area (TPSA) is 102 Å². The third-order valence-corrected chi connectivity index (χ3v) is 5.09. The van der Waals surface area contributed by atoms with Gasteiger partial charge in [0, 0.05) is 6.04 Å². The molecular formula is C13H13F2NO6S. The van der Waals surface area contributed by atoms with Crippen LogP contribution in [0.5, 0.6) is 11.5 Å². The number of hydrogen-bond acceptors (Lipinski definition) is 5. The zero-order valence-electron chi connectivity index (χ0n) is 11.7. The third kappa shape index (κ3) is 3.37. The molecule has 126 valence electrons. The van der Waals surface area contributed by atoms with Gasteiger partial charge in [0.25, 0.3) is 0 Å². The smallest absolute Gasteiger partial charge is 0.481 e.